The maximum Gasteiger partial charge on any atom is 1.00 e. The van der Waals surface area contributed by atoms with Gasteiger partial charge in [-0.3, -0.25) is 4.98 Å². The third kappa shape index (κ3) is 3.36. The van der Waals surface area contributed by atoms with Gasteiger partial charge in [-0.25, -0.2) is 0 Å². The van der Waals surface area contributed by atoms with Crippen molar-refractivity contribution in [3.8, 4) is 0 Å². The molecule has 0 saturated carbocycles. The van der Waals surface area contributed by atoms with E-state index in [-0.39, 0.29) is 56.9 Å². The van der Waals surface area contributed by atoms with Gasteiger partial charge in [0.25, 0.3) is 0 Å². The Kier molecular flexibility index (Phi) is 5.17. The standard InChI is InChI=1S/C7H8BF3N.K/c1-5-3-12-4-7(6(5)2)8(9,10)11;/h3-4H,1-2H3;/q-1;+1. The Morgan fingerprint density at radius 1 is 1.15 bits per heavy atom. The molecule has 0 spiro atoms. The van der Waals surface area contributed by atoms with Gasteiger partial charge in [-0.05, 0) is 19.4 Å². The van der Waals surface area contributed by atoms with Gasteiger partial charge in [0.1, 0.15) is 0 Å². The van der Waals surface area contributed by atoms with Crippen molar-refractivity contribution in [2.24, 2.45) is 0 Å². The summed E-state index contributed by atoms with van der Waals surface area (Å²) in [7, 11) is 0. The fourth-order valence-corrected chi connectivity index (χ4v) is 0.981. The number of hydrogen-bond acceptors (Lipinski definition) is 1. The maximum absolute atomic E-state index is 12.3. The number of hydrogen-bond donors (Lipinski definition) is 0. The number of aromatic nitrogens is 1. The van der Waals surface area contributed by atoms with E-state index < -0.39 is 12.4 Å². The van der Waals surface area contributed by atoms with E-state index in [1.807, 2.05) is 0 Å². The Labute approximate surface area is 118 Å². The molecule has 0 radical (unpaired) electrons. The topological polar surface area (TPSA) is 12.9 Å². The second-order valence-corrected chi connectivity index (χ2v) is 2.75. The van der Waals surface area contributed by atoms with Crippen LogP contribution in [0, 0.1) is 13.8 Å². The van der Waals surface area contributed by atoms with E-state index in [0.717, 1.165) is 6.20 Å². The predicted molar refractivity (Wildman–Crippen MR) is 42.4 cm³/mol. The van der Waals surface area contributed by atoms with Crippen molar-refractivity contribution in [2.75, 3.05) is 0 Å². The molecule has 0 saturated heterocycles. The summed E-state index contributed by atoms with van der Waals surface area (Å²) in [6.45, 7) is -1.83. The average Bonchev–Trinajstić information content (AvgIpc) is 1.92. The summed E-state index contributed by atoms with van der Waals surface area (Å²) in [6, 6.07) is 0. The van der Waals surface area contributed by atoms with Crippen LogP contribution in [0.25, 0.3) is 0 Å². The minimum absolute atomic E-state index is 0. The Hall–Kier alpha value is 0.641. The van der Waals surface area contributed by atoms with Gasteiger partial charge in [-0.15, -0.1) is 0 Å². The summed E-state index contributed by atoms with van der Waals surface area (Å²) in [5.41, 5.74) is 0.263. The zero-order valence-electron chi connectivity index (χ0n) is 7.81. The molecule has 0 amide bonds. The Morgan fingerprint density at radius 3 is 2.08 bits per heavy atom. The molecular formula is C7H8BF3KN. The Morgan fingerprint density at radius 2 is 1.69 bits per heavy atom. The third-order valence-corrected chi connectivity index (χ3v) is 1.86. The summed E-state index contributed by atoms with van der Waals surface area (Å²) in [5, 5.41) is 0. The van der Waals surface area contributed by atoms with Crippen molar-refractivity contribution in [1.29, 1.82) is 0 Å². The monoisotopic (exact) mass is 213 g/mol. The zero-order chi connectivity index (χ0) is 9.35. The van der Waals surface area contributed by atoms with E-state index in [0.29, 0.717) is 5.56 Å². The van der Waals surface area contributed by atoms with Crippen LogP contribution < -0.4 is 56.8 Å². The smallest absolute Gasteiger partial charge is 0.445 e. The summed E-state index contributed by atoms with van der Waals surface area (Å²) in [5.74, 6) is 0. The molecule has 0 fully saturated rings. The van der Waals surface area contributed by atoms with Crippen LogP contribution >= 0.6 is 0 Å². The molecule has 0 aliphatic heterocycles. The first kappa shape index (κ1) is 13.6. The van der Waals surface area contributed by atoms with E-state index >= 15 is 0 Å². The van der Waals surface area contributed by atoms with Crippen LogP contribution in [0.1, 0.15) is 11.1 Å². The van der Waals surface area contributed by atoms with Crippen LogP contribution in [-0.2, 0) is 0 Å². The van der Waals surface area contributed by atoms with Crippen LogP contribution in [0.5, 0.6) is 0 Å². The molecule has 13 heavy (non-hydrogen) atoms. The molecule has 0 aliphatic rings. The SMILES string of the molecule is Cc1cncc([B-](F)(F)F)c1C.[K+]. The fourth-order valence-electron chi connectivity index (χ4n) is 0.981. The van der Waals surface area contributed by atoms with E-state index in [9.17, 15) is 12.9 Å². The molecular weight excluding hydrogens is 205 g/mol. The van der Waals surface area contributed by atoms with Gasteiger partial charge in [0.2, 0.25) is 0 Å². The molecule has 0 aliphatic carbocycles. The predicted octanol–water partition coefficient (Wildman–Crippen LogP) is -1.24. The number of pyridine rings is 1. The second kappa shape index (κ2) is 4.93. The molecule has 0 bridgehead atoms. The quantitative estimate of drug-likeness (QED) is 0.531. The van der Waals surface area contributed by atoms with Crippen LogP contribution in [-0.4, -0.2) is 12.0 Å². The van der Waals surface area contributed by atoms with E-state index in [1.165, 1.54) is 13.1 Å². The summed E-state index contributed by atoms with van der Waals surface area (Å²) < 4.78 is 36.8. The molecule has 0 unspecified atom stereocenters. The minimum Gasteiger partial charge on any atom is -0.445 e. The number of rotatable bonds is 1. The molecule has 66 valence electrons. The summed E-state index contributed by atoms with van der Waals surface area (Å²) in [4.78, 5) is 3.51. The maximum atomic E-state index is 12.3. The molecule has 0 atom stereocenters. The van der Waals surface area contributed by atoms with E-state index in [1.54, 1.807) is 6.92 Å². The zero-order valence-corrected chi connectivity index (χ0v) is 10.9. The average molecular weight is 213 g/mol. The van der Waals surface area contributed by atoms with E-state index in [4.69, 9.17) is 0 Å². The normalized spacial score (nSPS) is 10.8. The number of aryl methyl sites for hydroxylation is 1. The molecule has 6 heteroatoms. The molecule has 0 N–H and O–H groups in total. The van der Waals surface area contributed by atoms with Crippen molar-refractivity contribution in [2.45, 2.75) is 13.8 Å². The molecule has 1 rings (SSSR count). The van der Waals surface area contributed by atoms with Gasteiger partial charge in [0, 0.05) is 12.4 Å². The third-order valence-electron chi connectivity index (χ3n) is 1.86. The van der Waals surface area contributed by atoms with Gasteiger partial charge in [0.05, 0.1) is 0 Å². The van der Waals surface area contributed by atoms with Crippen molar-refractivity contribution in [3.05, 3.63) is 23.5 Å². The van der Waals surface area contributed by atoms with Crippen molar-refractivity contribution in [3.63, 3.8) is 0 Å². The first-order chi connectivity index (χ1) is 5.43. The van der Waals surface area contributed by atoms with Crippen LogP contribution in [0.3, 0.4) is 0 Å². The van der Waals surface area contributed by atoms with Crippen molar-refractivity contribution < 1.29 is 64.3 Å². The molecule has 1 heterocycles. The van der Waals surface area contributed by atoms with Crippen LogP contribution in [0.15, 0.2) is 12.4 Å². The summed E-state index contributed by atoms with van der Waals surface area (Å²) in [6.07, 6.45) is 2.31. The van der Waals surface area contributed by atoms with Gasteiger partial charge < -0.3 is 12.9 Å². The van der Waals surface area contributed by atoms with Gasteiger partial charge in [0.15, 0.2) is 0 Å². The largest absolute Gasteiger partial charge is 1.00 e. The Balaban J connectivity index is 0.00000144. The molecule has 1 aromatic rings. The minimum atomic E-state index is -4.91. The first-order valence-electron chi connectivity index (χ1n) is 3.54. The fraction of sp³-hybridized carbons (Fsp3) is 0.286. The number of halogens is 3. The summed E-state index contributed by atoms with van der Waals surface area (Å²) >= 11 is 0. The van der Waals surface area contributed by atoms with E-state index in [2.05, 4.69) is 4.98 Å². The van der Waals surface area contributed by atoms with Gasteiger partial charge in [-0.2, -0.15) is 0 Å². The van der Waals surface area contributed by atoms with Crippen molar-refractivity contribution >= 4 is 12.4 Å². The van der Waals surface area contributed by atoms with Crippen LogP contribution in [0.4, 0.5) is 12.9 Å². The van der Waals surface area contributed by atoms with Gasteiger partial charge in [-0.1, -0.05) is 11.0 Å². The second-order valence-electron chi connectivity index (χ2n) is 2.75. The molecule has 1 nitrogen and oxygen atoms in total. The molecule has 1 aromatic heterocycles. The first-order valence-corrected chi connectivity index (χ1v) is 3.54. The van der Waals surface area contributed by atoms with Crippen LogP contribution in [0.2, 0.25) is 0 Å². The van der Waals surface area contributed by atoms with Gasteiger partial charge >= 0.3 is 58.4 Å². The molecule has 0 aromatic carbocycles. The Bertz CT molecular complexity index is 300. The van der Waals surface area contributed by atoms with Crippen molar-refractivity contribution in [1.82, 2.24) is 4.98 Å². The number of nitrogens with zero attached hydrogens (tertiary/aromatic N) is 1.